The largest absolute Gasteiger partial charge is 0.379 e. The second-order valence-electron chi connectivity index (χ2n) is 5.21. The van der Waals surface area contributed by atoms with E-state index < -0.39 is 0 Å². The van der Waals surface area contributed by atoms with E-state index in [4.69, 9.17) is 4.74 Å². The van der Waals surface area contributed by atoms with Crippen LogP contribution in [0.4, 0.5) is 5.69 Å². The minimum absolute atomic E-state index is 0.0225. The minimum Gasteiger partial charge on any atom is -0.379 e. The number of rotatable bonds is 7. The van der Waals surface area contributed by atoms with E-state index in [1.165, 1.54) is 4.90 Å². The molecule has 5 nitrogen and oxygen atoms in total. The number of amides is 1. The Labute approximate surface area is 126 Å². The van der Waals surface area contributed by atoms with Crippen LogP contribution in [0.3, 0.4) is 0 Å². The molecule has 1 aliphatic rings. The quantitative estimate of drug-likeness (QED) is 0.611. The zero-order valence-electron chi connectivity index (χ0n) is 12.4. The average molecular weight is 292 g/mol. The Morgan fingerprint density at radius 3 is 2.57 bits per heavy atom. The van der Waals surface area contributed by atoms with Gasteiger partial charge < -0.3 is 9.84 Å². The number of nitrogens with zero attached hydrogens (tertiary/aromatic N) is 2. The summed E-state index contributed by atoms with van der Waals surface area (Å²) >= 11 is 0. The highest BCUT2D eigenvalue weighted by atomic mass is 16.5. The molecule has 1 aromatic rings. The first-order chi connectivity index (χ1) is 10.3. The molecular formula is C16H24N2O3. The van der Waals surface area contributed by atoms with Crippen molar-refractivity contribution in [3.63, 3.8) is 0 Å². The van der Waals surface area contributed by atoms with Gasteiger partial charge in [-0.2, -0.15) is 0 Å². The van der Waals surface area contributed by atoms with Crippen LogP contribution < -0.4 is 4.90 Å². The molecule has 1 aromatic carbocycles. The lowest BCUT2D eigenvalue weighted by Gasteiger charge is -2.26. The number of carbonyl (C=O) groups is 1. The number of ether oxygens (including phenoxy) is 1. The third kappa shape index (κ3) is 5.12. The third-order valence-electron chi connectivity index (χ3n) is 3.73. The number of aliphatic hydroxyl groups is 1. The first-order valence-electron chi connectivity index (χ1n) is 7.57. The molecule has 0 spiro atoms. The molecule has 0 bridgehead atoms. The number of hydrogen-bond donors (Lipinski definition) is 1. The van der Waals surface area contributed by atoms with Gasteiger partial charge in [-0.05, 0) is 31.5 Å². The van der Waals surface area contributed by atoms with Crippen LogP contribution in [0.5, 0.6) is 0 Å². The van der Waals surface area contributed by atoms with Gasteiger partial charge in [-0.1, -0.05) is 18.2 Å². The fraction of sp³-hybridized carbons (Fsp3) is 0.562. The molecule has 116 valence electrons. The zero-order chi connectivity index (χ0) is 14.9. The number of morpholine rings is 1. The van der Waals surface area contributed by atoms with Gasteiger partial charge in [0.15, 0.2) is 0 Å². The second-order valence-corrected chi connectivity index (χ2v) is 5.21. The van der Waals surface area contributed by atoms with E-state index in [1.807, 2.05) is 30.3 Å². The van der Waals surface area contributed by atoms with Crippen LogP contribution in [0.2, 0.25) is 0 Å². The zero-order valence-corrected chi connectivity index (χ0v) is 12.4. The summed E-state index contributed by atoms with van der Waals surface area (Å²) in [5.41, 5.74) is 0.748. The average Bonchev–Trinajstić information content (AvgIpc) is 2.54. The van der Waals surface area contributed by atoms with Gasteiger partial charge in [0.25, 0.3) is 0 Å². The van der Waals surface area contributed by atoms with Crippen LogP contribution in [0.15, 0.2) is 30.3 Å². The van der Waals surface area contributed by atoms with Crippen molar-refractivity contribution in [1.82, 2.24) is 4.90 Å². The highest BCUT2D eigenvalue weighted by Crippen LogP contribution is 2.14. The molecule has 2 rings (SSSR count). The van der Waals surface area contributed by atoms with Crippen LogP contribution >= 0.6 is 0 Å². The molecule has 0 saturated carbocycles. The maximum atomic E-state index is 12.2. The first-order valence-corrected chi connectivity index (χ1v) is 7.57. The van der Waals surface area contributed by atoms with E-state index in [0.717, 1.165) is 51.4 Å². The van der Waals surface area contributed by atoms with Crippen LogP contribution in [-0.4, -0.2) is 55.5 Å². The molecule has 21 heavy (non-hydrogen) atoms. The van der Waals surface area contributed by atoms with Crippen molar-refractivity contribution in [2.75, 3.05) is 44.5 Å². The molecule has 0 aromatic heterocycles. The summed E-state index contributed by atoms with van der Waals surface area (Å²) in [6, 6.07) is 9.29. The number of anilines is 1. The summed E-state index contributed by atoms with van der Waals surface area (Å²) in [5.74, 6) is -0.0225. The summed E-state index contributed by atoms with van der Waals surface area (Å²) < 4.78 is 5.31. The van der Waals surface area contributed by atoms with Crippen LogP contribution in [0.25, 0.3) is 0 Å². The number of hydrogen-bond acceptors (Lipinski definition) is 4. The standard InChI is InChI=1S/C16H24N2O3/c19-14-18(15-6-2-1-3-7-15)16(20)8-4-5-9-17-10-12-21-13-11-17/h1-3,6-7,19H,4-5,8-14H2. The Morgan fingerprint density at radius 2 is 1.90 bits per heavy atom. The monoisotopic (exact) mass is 292 g/mol. The molecule has 1 N–H and O–H groups in total. The van der Waals surface area contributed by atoms with Crippen LogP contribution in [-0.2, 0) is 9.53 Å². The first kappa shape index (κ1) is 15.9. The fourth-order valence-electron chi connectivity index (χ4n) is 2.48. The summed E-state index contributed by atoms with van der Waals surface area (Å²) in [5, 5.41) is 9.39. The van der Waals surface area contributed by atoms with Gasteiger partial charge in [-0.3, -0.25) is 14.6 Å². The number of para-hydroxylation sites is 1. The SMILES string of the molecule is O=C(CCCCN1CCOCC1)N(CO)c1ccccc1. The number of benzene rings is 1. The van der Waals surface area contributed by atoms with Crippen LogP contribution in [0.1, 0.15) is 19.3 Å². The van der Waals surface area contributed by atoms with Crippen molar-refractivity contribution < 1.29 is 14.6 Å². The van der Waals surface area contributed by atoms with E-state index in [0.29, 0.717) is 6.42 Å². The Morgan fingerprint density at radius 1 is 1.19 bits per heavy atom. The molecule has 0 unspecified atom stereocenters. The molecule has 0 atom stereocenters. The van der Waals surface area contributed by atoms with Gasteiger partial charge in [0.1, 0.15) is 6.73 Å². The lowest BCUT2D eigenvalue weighted by atomic mass is 10.2. The normalized spacial score (nSPS) is 15.9. The summed E-state index contributed by atoms with van der Waals surface area (Å²) in [6.45, 7) is 4.34. The van der Waals surface area contributed by atoms with Crippen molar-refractivity contribution in [3.8, 4) is 0 Å². The molecule has 1 saturated heterocycles. The van der Waals surface area contributed by atoms with E-state index in [9.17, 15) is 9.90 Å². The van der Waals surface area contributed by atoms with Crippen LogP contribution in [0, 0.1) is 0 Å². The summed E-state index contributed by atoms with van der Waals surface area (Å²) in [4.78, 5) is 16.0. The summed E-state index contributed by atoms with van der Waals surface area (Å²) in [7, 11) is 0. The van der Waals surface area contributed by atoms with E-state index >= 15 is 0 Å². The number of unbranched alkanes of at least 4 members (excludes halogenated alkanes) is 1. The maximum absolute atomic E-state index is 12.2. The van der Waals surface area contributed by atoms with E-state index in [-0.39, 0.29) is 12.6 Å². The Hall–Kier alpha value is -1.43. The molecule has 1 aliphatic heterocycles. The fourth-order valence-corrected chi connectivity index (χ4v) is 2.48. The van der Waals surface area contributed by atoms with Crippen molar-refractivity contribution in [1.29, 1.82) is 0 Å². The van der Waals surface area contributed by atoms with Crippen molar-refractivity contribution in [3.05, 3.63) is 30.3 Å². The number of carbonyl (C=O) groups excluding carboxylic acids is 1. The maximum Gasteiger partial charge on any atom is 0.228 e. The lowest BCUT2D eigenvalue weighted by Crippen LogP contribution is -2.37. The van der Waals surface area contributed by atoms with Crippen molar-refractivity contribution >= 4 is 11.6 Å². The second kappa shape index (κ2) is 8.77. The molecule has 0 radical (unpaired) electrons. The van der Waals surface area contributed by atoms with Gasteiger partial charge in [-0.25, -0.2) is 0 Å². The Kier molecular flexibility index (Phi) is 6.66. The van der Waals surface area contributed by atoms with Gasteiger partial charge in [0.05, 0.1) is 13.2 Å². The topological polar surface area (TPSA) is 53.0 Å². The number of aliphatic hydroxyl groups excluding tert-OH is 1. The van der Waals surface area contributed by atoms with Gasteiger partial charge in [0.2, 0.25) is 5.91 Å². The molecule has 0 aliphatic carbocycles. The molecule has 1 fully saturated rings. The highest BCUT2D eigenvalue weighted by molar-refractivity contribution is 5.92. The van der Waals surface area contributed by atoms with Gasteiger partial charge in [-0.15, -0.1) is 0 Å². The van der Waals surface area contributed by atoms with Crippen molar-refractivity contribution in [2.24, 2.45) is 0 Å². The summed E-state index contributed by atoms with van der Waals surface area (Å²) in [6.07, 6.45) is 2.32. The van der Waals surface area contributed by atoms with Gasteiger partial charge in [0, 0.05) is 25.2 Å². The predicted molar refractivity (Wildman–Crippen MR) is 82.1 cm³/mol. The van der Waals surface area contributed by atoms with Gasteiger partial charge >= 0.3 is 0 Å². The third-order valence-corrected chi connectivity index (χ3v) is 3.73. The molecule has 1 amide bonds. The highest BCUT2D eigenvalue weighted by Gasteiger charge is 2.14. The smallest absolute Gasteiger partial charge is 0.228 e. The predicted octanol–water partition coefficient (Wildman–Crippen LogP) is 1.47. The molecule has 5 heteroatoms. The van der Waals surface area contributed by atoms with E-state index in [2.05, 4.69) is 4.90 Å². The lowest BCUT2D eigenvalue weighted by molar-refractivity contribution is -0.119. The molecule has 1 heterocycles. The van der Waals surface area contributed by atoms with E-state index in [1.54, 1.807) is 0 Å². The Balaban J connectivity index is 1.70. The molecular weight excluding hydrogens is 268 g/mol. The minimum atomic E-state index is -0.272. The van der Waals surface area contributed by atoms with Crippen molar-refractivity contribution in [2.45, 2.75) is 19.3 Å². The Bertz CT molecular complexity index is 419.